The first-order valence-corrected chi connectivity index (χ1v) is 4.51. The molecule has 1 aromatic heterocycles. The van der Waals surface area contributed by atoms with E-state index in [2.05, 4.69) is 20.3 Å². The van der Waals surface area contributed by atoms with Gasteiger partial charge in [-0.3, -0.25) is 0 Å². The van der Waals surface area contributed by atoms with Gasteiger partial charge in [0, 0.05) is 0 Å². The smallest absolute Gasteiger partial charge is 0.193 e. The minimum atomic E-state index is -0.891. The van der Waals surface area contributed by atoms with Crippen LogP contribution in [0.15, 0.2) is 11.2 Å². The molecule has 0 aliphatic carbocycles. The third-order valence-corrected chi connectivity index (χ3v) is 2.07. The summed E-state index contributed by atoms with van der Waals surface area (Å²) in [7, 11) is 0. The van der Waals surface area contributed by atoms with Crippen LogP contribution in [0.5, 0.6) is 0 Å². The molecular formula is C9H12N4O. The lowest BCUT2D eigenvalue weighted by molar-refractivity contribution is 0.183. The number of aliphatic hydroxyl groups excluding tert-OH is 1. The summed E-state index contributed by atoms with van der Waals surface area (Å²) in [4.78, 5) is 12.3. The van der Waals surface area contributed by atoms with E-state index < -0.39 is 6.23 Å². The van der Waals surface area contributed by atoms with Gasteiger partial charge in [-0.1, -0.05) is 13.8 Å². The second-order valence-electron chi connectivity index (χ2n) is 3.48. The van der Waals surface area contributed by atoms with Crippen molar-refractivity contribution in [2.75, 3.05) is 5.32 Å². The normalized spacial score (nSPS) is 19.3. The third kappa shape index (κ3) is 1.46. The molecule has 2 N–H and O–H groups in total. The Kier molecular flexibility index (Phi) is 2.17. The Morgan fingerprint density at radius 3 is 3.00 bits per heavy atom. The molecule has 5 nitrogen and oxygen atoms in total. The molecule has 0 saturated carbocycles. The first kappa shape index (κ1) is 9.08. The lowest BCUT2D eigenvalue weighted by Crippen LogP contribution is -2.14. The Hall–Kier alpha value is -1.49. The minimum Gasteiger partial charge on any atom is -0.366 e. The fraction of sp³-hybridized carbons (Fsp3) is 0.444. The molecule has 0 fully saturated rings. The fourth-order valence-corrected chi connectivity index (χ4v) is 1.23. The van der Waals surface area contributed by atoms with Crippen LogP contribution in [0.1, 0.15) is 37.4 Å². The number of aliphatic hydroxyl groups is 1. The fourth-order valence-electron chi connectivity index (χ4n) is 1.23. The number of aliphatic imine (C=N–C) groups is 1. The number of rotatable bonds is 1. The number of anilines is 1. The highest BCUT2D eigenvalue weighted by Gasteiger charge is 2.18. The number of nitrogens with one attached hydrogen (secondary N) is 1. The van der Waals surface area contributed by atoms with Gasteiger partial charge >= 0.3 is 0 Å². The van der Waals surface area contributed by atoms with Gasteiger partial charge in [0.15, 0.2) is 12.0 Å². The summed E-state index contributed by atoms with van der Waals surface area (Å²) in [6.45, 7) is 4.06. The first-order chi connectivity index (χ1) is 6.68. The number of aromatic nitrogens is 2. The molecule has 14 heavy (non-hydrogen) atoms. The van der Waals surface area contributed by atoms with Gasteiger partial charge in [-0.25, -0.2) is 15.0 Å². The Morgan fingerprint density at radius 1 is 1.50 bits per heavy atom. The summed E-state index contributed by atoms with van der Waals surface area (Å²) in [5.74, 6) is 0.878. The molecule has 2 heterocycles. The molecule has 1 aliphatic heterocycles. The molecule has 5 heteroatoms. The van der Waals surface area contributed by atoms with Crippen LogP contribution >= 0.6 is 0 Å². The Bertz CT molecular complexity index is 375. The summed E-state index contributed by atoms with van der Waals surface area (Å²) >= 11 is 0. The average molecular weight is 192 g/mol. The lowest BCUT2D eigenvalue weighted by Gasteiger charge is -2.16. The SMILES string of the molecule is CC(C)c1cnc2c(n1)C(O)N=CN2. The standard InChI is InChI=1S/C9H12N4O/c1-5(2)6-3-10-8-7(13-6)9(14)12-4-11-8/h3-5,9,14H,1-2H3,(H,10,11,12). The monoisotopic (exact) mass is 192 g/mol. The highest BCUT2D eigenvalue weighted by atomic mass is 16.3. The van der Waals surface area contributed by atoms with Gasteiger partial charge in [-0.15, -0.1) is 0 Å². The molecule has 1 atom stereocenters. The Labute approximate surface area is 81.9 Å². The predicted octanol–water partition coefficient (Wildman–Crippen LogP) is 1.04. The van der Waals surface area contributed by atoms with Crippen molar-refractivity contribution in [2.24, 2.45) is 4.99 Å². The molecule has 1 aromatic rings. The number of hydrogen-bond donors (Lipinski definition) is 2. The van der Waals surface area contributed by atoms with E-state index in [-0.39, 0.29) is 0 Å². The van der Waals surface area contributed by atoms with Crippen LogP contribution in [0.3, 0.4) is 0 Å². The van der Waals surface area contributed by atoms with E-state index in [9.17, 15) is 5.11 Å². The van der Waals surface area contributed by atoms with Gasteiger partial charge in [-0.2, -0.15) is 0 Å². The molecule has 74 valence electrons. The van der Waals surface area contributed by atoms with Crippen molar-refractivity contribution >= 4 is 12.2 Å². The van der Waals surface area contributed by atoms with Gasteiger partial charge in [-0.05, 0) is 5.92 Å². The Balaban J connectivity index is 2.44. The molecule has 1 unspecified atom stereocenters. The van der Waals surface area contributed by atoms with Crippen LogP contribution in [0, 0.1) is 0 Å². The van der Waals surface area contributed by atoms with Crippen LogP contribution in [-0.4, -0.2) is 21.4 Å². The van der Waals surface area contributed by atoms with Crippen molar-refractivity contribution in [1.82, 2.24) is 9.97 Å². The second-order valence-corrected chi connectivity index (χ2v) is 3.48. The van der Waals surface area contributed by atoms with E-state index in [0.717, 1.165) is 5.69 Å². The summed E-state index contributed by atoms with van der Waals surface area (Å²) in [5.41, 5.74) is 1.36. The molecule has 0 spiro atoms. The van der Waals surface area contributed by atoms with Crippen LogP contribution in [0.2, 0.25) is 0 Å². The highest BCUT2D eigenvalue weighted by Crippen LogP contribution is 2.24. The van der Waals surface area contributed by atoms with E-state index in [1.54, 1.807) is 6.20 Å². The van der Waals surface area contributed by atoms with E-state index in [0.29, 0.717) is 17.4 Å². The van der Waals surface area contributed by atoms with Gasteiger partial charge in [0.1, 0.15) is 5.69 Å². The zero-order valence-corrected chi connectivity index (χ0v) is 8.10. The number of fused-ring (bicyclic) bond motifs is 1. The van der Waals surface area contributed by atoms with Crippen molar-refractivity contribution in [3.63, 3.8) is 0 Å². The summed E-state index contributed by atoms with van der Waals surface area (Å²) in [6, 6.07) is 0. The third-order valence-electron chi connectivity index (χ3n) is 2.07. The number of hydrogen-bond acceptors (Lipinski definition) is 5. The van der Waals surface area contributed by atoms with Crippen LogP contribution in [0.25, 0.3) is 0 Å². The topological polar surface area (TPSA) is 70.4 Å². The van der Waals surface area contributed by atoms with Crippen molar-refractivity contribution in [3.8, 4) is 0 Å². The van der Waals surface area contributed by atoms with E-state index in [4.69, 9.17) is 0 Å². The molecule has 0 radical (unpaired) electrons. The van der Waals surface area contributed by atoms with Gasteiger partial charge in [0.05, 0.1) is 18.2 Å². The largest absolute Gasteiger partial charge is 0.366 e. The van der Waals surface area contributed by atoms with Crippen LogP contribution < -0.4 is 5.32 Å². The van der Waals surface area contributed by atoms with E-state index >= 15 is 0 Å². The molecule has 2 rings (SSSR count). The van der Waals surface area contributed by atoms with Crippen LogP contribution in [-0.2, 0) is 0 Å². The van der Waals surface area contributed by atoms with Crippen molar-refractivity contribution in [1.29, 1.82) is 0 Å². The average Bonchev–Trinajstić information content (AvgIpc) is 2.18. The van der Waals surface area contributed by atoms with E-state index in [1.165, 1.54) is 6.34 Å². The molecule has 0 amide bonds. The highest BCUT2D eigenvalue weighted by molar-refractivity contribution is 5.77. The minimum absolute atomic E-state index is 0.297. The maximum Gasteiger partial charge on any atom is 0.193 e. The second kappa shape index (κ2) is 3.34. The molecule has 0 aromatic carbocycles. The molecule has 0 saturated heterocycles. The number of nitrogens with zero attached hydrogens (tertiary/aromatic N) is 3. The zero-order valence-electron chi connectivity index (χ0n) is 8.10. The quantitative estimate of drug-likeness (QED) is 0.697. The first-order valence-electron chi connectivity index (χ1n) is 4.51. The van der Waals surface area contributed by atoms with Crippen molar-refractivity contribution < 1.29 is 5.11 Å². The molecule has 1 aliphatic rings. The van der Waals surface area contributed by atoms with E-state index in [1.807, 2.05) is 13.8 Å². The summed E-state index contributed by atoms with van der Waals surface area (Å²) in [6.07, 6.45) is 2.25. The molecule has 0 bridgehead atoms. The van der Waals surface area contributed by atoms with Gasteiger partial charge < -0.3 is 10.4 Å². The van der Waals surface area contributed by atoms with Crippen molar-refractivity contribution in [3.05, 3.63) is 17.6 Å². The van der Waals surface area contributed by atoms with Gasteiger partial charge in [0.25, 0.3) is 0 Å². The zero-order chi connectivity index (χ0) is 10.1. The maximum absolute atomic E-state index is 9.53. The lowest BCUT2D eigenvalue weighted by atomic mass is 10.1. The summed E-state index contributed by atoms with van der Waals surface area (Å²) < 4.78 is 0. The Morgan fingerprint density at radius 2 is 2.29 bits per heavy atom. The summed E-state index contributed by atoms with van der Waals surface area (Å²) in [5, 5.41) is 12.4. The van der Waals surface area contributed by atoms with Gasteiger partial charge in [0.2, 0.25) is 0 Å². The molecular weight excluding hydrogens is 180 g/mol. The maximum atomic E-state index is 9.53. The van der Waals surface area contributed by atoms with Crippen molar-refractivity contribution in [2.45, 2.75) is 26.0 Å². The predicted molar refractivity (Wildman–Crippen MR) is 53.2 cm³/mol. The van der Waals surface area contributed by atoms with Crippen LogP contribution in [0.4, 0.5) is 5.82 Å².